The van der Waals surface area contributed by atoms with Crippen LogP contribution in [0.5, 0.6) is 0 Å². The Morgan fingerprint density at radius 1 is 0.372 bits per heavy atom. The fourth-order valence-corrected chi connectivity index (χ4v) is 5.58. The second-order valence-corrected chi connectivity index (χ2v) is 11.2. The Kier molecular flexibility index (Phi) is 7.43. The number of nitrogens with zero attached hydrogens (tertiary/aromatic N) is 3. The van der Waals surface area contributed by atoms with Crippen LogP contribution in [0, 0.1) is 0 Å². The van der Waals surface area contributed by atoms with Gasteiger partial charge >= 0.3 is 0 Å². The van der Waals surface area contributed by atoms with E-state index in [2.05, 4.69) is 136 Å². The lowest BCUT2D eigenvalue weighted by molar-refractivity contribution is 1.18. The Bertz CT molecular complexity index is 1990. The Morgan fingerprint density at radius 3 is 1.44 bits per heavy atom. The molecule has 0 radical (unpaired) electrons. The Hall–Kier alpha value is -5.19. The lowest BCUT2D eigenvalue weighted by atomic mass is 9.99. The van der Waals surface area contributed by atoms with Gasteiger partial charge in [0.1, 0.15) is 0 Å². The van der Waals surface area contributed by atoms with Crippen LogP contribution < -0.4 is 0 Å². The van der Waals surface area contributed by atoms with Crippen LogP contribution in [0.15, 0.2) is 162 Å². The van der Waals surface area contributed by atoms with Gasteiger partial charge < -0.3 is 0 Å². The van der Waals surface area contributed by atoms with Gasteiger partial charge in [0.2, 0.25) is 0 Å². The first kappa shape index (κ1) is 26.7. The van der Waals surface area contributed by atoms with Crippen molar-refractivity contribution in [2.24, 2.45) is 0 Å². The normalized spacial score (nSPS) is 10.9. The van der Waals surface area contributed by atoms with E-state index in [1.165, 1.54) is 16.7 Å². The Morgan fingerprint density at radius 2 is 0.860 bits per heavy atom. The monoisotopic (exact) mass is 615 g/mol. The third kappa shape index (κ3) is 5.92. The van der Waals surface area contributed by atoms with Crippen LogP contribution in [0.3, 0.4) is 0 Å². The first-order chi connectivity index (χ1) is 21.2. The third-order valence-electron chi connectivity index (χ3n) is 7.49. The number of hydrogen-bond donors (Lipinski definition) is 0. The topological polar surface area (TPSA) is 38.7 Å². The lowest BCUT2D eigenvalue weighted by Crippen LogP contribution is -1.96. The van der Waals surface area contributed by atoms with Crippen molar-refractivity contribution < 1.29 is 0 Å². The van der Waals surface area contributed by atoms with Crippen LogP contribution in [0.1, 0.15) is 0 Å². The maximum absolute atomic E-state index is 5.03. The zero-order valence-electron chi connectivity index (χ0n) is 23.2. The molecule has 0 aliphatic carbocycles. The highest BCUT2D eigenvalue weighted by molar-refractivity contribution is 9.10. The van der Waals surface area contributed by atoms with Gasteiger partial charge in [0.15, 0.2) is 5.82 Å². The first-order valence-corrected chi connectivity index (χ1v) is 14.9. The van der Waals surface area contributed by atoms with Crippen LogP contribution in [0.25, 0.3) is 67.3 Å². The highest BCUT2D eigenvalue weighted by atomic mass is 79.9. The number of rotatable bonds is 6. The second-order valence-electron chi connectivity index (χ2n) is 10.3. The van der Waals surface area contributed by atoms with Crippen molar-refractivity contribution in [3.8, 4) is 67.3 Å². The average Bonchev–Trinajstić information content (AvgIpc) is 3.09. The quantitative estimate of drug-likeness (QED) is 0.187. The van der Waals surface area contributed by atoms with Crippen LogP contribution in [-0.2, 0) is 0 Å². The molecule has 7 rings (SSSR count). The van der Waals surface area contributed by atoms with E-state index in [4.69, 9.17) is 9.97 Å². The fourth-order valence-electron chi connectivity index (χ4n) is 5.18. The van der Waals surface area contributed by atoms with Gasteiger partial charge in [-0.1, -0.05) is 137 Å². The maximum Gasteiger partial charge on any atom is 0.160 e. The number of benzene rings is 5. The van der Waals surface area contributed by atoms with Gasteiger partial charge in [0.05, 0.1) is 11.4 Å². The van der Waals surface area contributed by atoms with E-state index in [0.29, 0.717) is 5.82 Å². The molecule has 3 nitrogen and oxygen atoms in total. The summed E-state index contributed by atoms with van der Waals surface area (Å²) in [4.78, 5) is 14.3. The first-order valence-electron chi connectivity index (χ1n) is 14.1. The summed E-state index contributed by atoms with van der Waals surface area (Å²) in [5, 5.41) is 0. The van der Waals surface area contributed by atoms with E-state index in [1.807, 2.05) is 36.5 Å². The molecule has 4 heteroatoms. The van der Waals surface area contributed by atoms with Gasteiger partial charge in [-0.3, -0.25) is 4.98 Å². The van der Waals surface area contributed by atoms with Gasteiger partial charge in [-0.25, -0.2) is 9.97 Å². The predicted octanol–water partition coefficient (Wildman–Crippen LogP) is 10.6. The lowest BCUT2D eigenvalue weighted by Gasteiger charge is -2.11. The smallest absolute Gasteiger partial charge is 0.160 e. The molecule has 0 aliphatic heterocycles. The van der Waals surface area contributed by atoms with Gasteiger partial charge in [0, 0.05) is 33.6 Å². The van der Waals surface area contributed by atoms with E-state index >= 15 is 0 Å². The molecule has 0 saturated heterocycles. The molecule has 0 N–H and O–H groups in total. The molecule has 0 atom stereocenters. The molecule has 0 unspecified atom stereocenters. The molecule has 0 fully saturated rings. The summed E-state index contributed by atoms with van der Waals surface area (Å²) in [7, 11) is 0. The Labute approximate surface area is 259 Å². The summed E-state index contributed by atoms with van der Waals surface area (Å²) in [5.41, 5.74) is 11.8. The highest BCUT2D eigenvalue weighted by Gasteiger charge is 2.12. The molecule has 0 aliphatic rings. The van der Waals surface area contributed by atoms with Crippen LogP contribution >= 0.6 is 15.9 Å². The minimum atomic E-state index is 0.696. The SMILES string of the molecule is Brc1cccc(-c2ccc(-c3ccc(-c4cc(-c5ccccc5)nc(-c5ccc(-c6cccnc6)cc5)n4)cc3)cc2)c1. The summed E-state index contributed by atoms with van der Waals surface area (Å²) in [5.74, 6) is 0.696. The Balaban J connectivity index is 1.21. The fraction of sp³-hybridized carbons (Fsp3) is 0. The van der Waals surface area contributed by atoms with Crippen molar-refractivity contribution in [3.05, 3.63) is 162 Å². The van der Waals surface area contributed by atoms with Crippen molar-refractivity contribution in [1.29, 1.82) is 0 Å². The van der Waals surface area contributed by atoms with Crippen molar-refractivity contribution in [2.45, 2.75) is 0 Å². The summed E-state index contributed by atoms with van der Waals surface area (Å²) in [6.45, 7) is 0. The molecule has 2 heterocycles. The summed E-state index contributed by atoms with van der Waals surface area (Å²) in [6, 6.07) is 50.4. The van der Waals surface area contributed by atoms with Gasteiger partial charge in [-0.2, -0.15) is 0 Å². The van der Waals surface area contributed by atoms with E-state index < -0.39 is 0 Å². The predicted molar refractivity (Wildman–Crippen MR) is 180 cm³/mol. The average molecular weight is 617 g/mol. The van der Waals surface area contributed by atoms with E-state index in [9.17, 15) is 0 Å². The summed E-state index contributed by atoms with van der Waals surface area (Å²) in [6.07, 6.45) is 3.66. The minimum absolute atomic E-state index is 0.696. The molecule has 7 aromatic rings. The van der Waals surface area contributed by atoms with Crippen LogP contribution in [-0.4, -0.2) is 15.0 Å². The largest absolute Gasteiger partial charge is 0.264 e. The zero-order chi connectivity index (χ0) is 29.0. The maximum atomic E-state index is 5.03. The van der Waals surface area contributed by atoms with Gasteiger partial charge in [-0.05, 0) is 57.6 Å². The molecule has 0 amide bonds. The molecule has 0 saturated carbocycles. The molecule has 204 valence electrons. The zero-order valence-corrected chi connectivity index (χ0v) is 24.8. The molecule has 2 aromatic heterocycles. The van der Waals surface area contributed by atoms with E-state index in [-0.39, 0.29) is 0 Å². The van der Waals surface area contributed by atoms with E-state index in [0.717, 1.165) is 49.2 Å². The molecule has 0 spiro atoms. The standard InChI is InChI=1S/C39H26BrN3/c40-36-10-4-8-34(24-36)29-13-11-27(12-14-29)28-15-19-32(20-16-28)38-25-37(31-6-2-1-3-7-31)42-39(43-38)33-21-17-30(18-22-33)35-9-5-23-41-26-35/h1-26H. The molecular weight excluding hydrogens is 590 g/mol. The van der Waals surface area contributed by atoms with Crippen molar-refractivity contribution in [2.75, 3.05) is 0 Å². The highest BCUT2D eigenvalue weighted by Crippen LogP contribution is 2.31. The number of hydrogen-bond acceptors (Lipinski definition) is 3. The number of aromatic nitrogens is 3. The summed E-state index contributed by atoms with van der Waals surface area (Å²) >= 11 is 3.57. The van der Waals surface area contributed by atoms with Crippen LogP contribution in [0.4, 0.5) is 0 Å². The van der Waals surface area contributed by atoms with Crippen LogP contribution in [0.2, 0.25) is 0 Å². The number of pyridine rings is 1. The minimum Gasteiger partial charge on any atom is -0.264 e. The second kappa shape index (κ2) is 12.0. The van der Waals surface area contributed by atoms with E-state index in [1.54, 1.807) is 6.20 Å². The molecule has 5 aromatic carbocycles. The third-order valence-corrected chi connectivity index (χ3v) is 7.98. The summed E-state index contributed by atoms with van der Waals surface area (Å²) < 4.78 is 1.08. The van der Waals surface area contributed by atoms with Gasteiger partial charge in [-0.15, -0.1) is 0 Å². The van der Waals surface area contributed by atoms with Crippen molar-refractivity contribution in [3.63, 3.8) is 0 Å². The molecule has 0 bridgehead atoms. The van der Waals surface area contributed by atoms with Crippen molar-refractivity contribution in [1.82, 2.24) is 15.0 Å². The van der Waals surface area contributed by atoms with Gasteiger partial charge in [0.25, 0.3) is 0 Å². The number of halogens is 1. The molecule has 43 heavy (non-hydrogen) atoms. The van der Waals surface area contributed by atoms with Crippen molar-refractivity contribution >= 4 is 15.9 Å². The molecular formula is C39H26BrN3.